The molecule has 3 nitrogen and oxygen atoms in total. The maximum Gasteiger partial charge on any atom is 0.117 e. The lowest BCUT2D eigenvalue weighted by atomic mass is 10.3. The van der Waals surface area contributed by atoms with Crippen molar-refractivity contribution in [3.05, 3.63) is 53.1 Å². The Balaban J connectivity index is 1.78. The summed E-state index contributed by atoms with van der Waals surface area (Å²) < 4.78 is 0. The summed E-state index contributed by atoms with van der Waals surface area (Å²) in [6.07, 6.45) is 1.83. The number of benzene rings is 1. The van der Waals surface area contributed by atoms with Gasteiger partial charge in [0, 0.05) is 21.8 Å². The molecule has 1 N–H and O–H groups in total. The summed E-state index contributed by atoms with van der Waals surface area (Å²) in [5.74, 6) is 1.76. The zero-order chi connectivity index (χ0) is 13.2. The van der Waals surface area contributed by atoms with Gasteiger partial charge in [0.25, 0.3) is 0 Å². The number of nitrogens with zero attached hydrogens (tertiary/aromatic N) is 2. The van der Waals surface area contributed by atoms with Gasteiger partial charge in [-0.1, -0.05) is 11.6 Å². The minimum absolute atomic E-state index is 0.722. The maximum atomic E-state index is 5.96. The van der Waals surface area contributed by atoms with Gasteiger partial charge >= 0.3 is 0 Å². The topological polar surface area (TPSA) is 41.6 Å². The van der Waals surface area contributed by atoms with Crippen molar-refractivity contribution in [3.63, 3.8) is 0 Å². The third kappa shape index (κ3) is 2.91. The maximum absolute atomic E-state index is 5.96. The summed E-state index contributed by atoms with van der Waals surface area (Å²) in [5.41, 5.74) is 2.96. The third-order valence-electron chi connectivity index (χ3n) is 2.74. The molecule has 0 spiro atoms. The van der Waals surface area contributed by atoms with Gasteiger partial charge in [-0.3, -0.25) is 4.98 Å². The molecule has 0 amide bonds. The van der Waals surface area contributed by atoms with Gasteiger partial charge in [0.15, 0.2) is 0 Å². The lowest BCUT2D eigenvalue weighted by Gasteiger charge is -1.99. The standard InChI is InChI=1S/C14H12ClN3S/c1-9-6-11(4-5-16-9)19-8-14-17-12-3-2-10(15)7-13(12)18-14/h2-7H,8H2,1H3,(H,17,18). The van der Waals surface area contributed by atoms with Crippen LogP contribution in [0.4, 0.5) is 0 Å². The first-order valence-corrected chi connectivity index (χ1v) is 7.27. The summed E-state index contributed by atoms with van der Waals surface area (Å²) in [4.78, 5) is 13.2. The van der Waals surface area contributed by atoms with Crippen LogP contribution in [0.5, 0.6) is 0 Å². The van der Waals surface area contributed by atoms with Gasteiger partial charge in [0.2, 0.25) is 0 Å². The molecule has 0 fully saturated rings. The summed E-state index contributed by atoms with van der Waals surface area (Å²) in [5, 5.41) is 0.722. The molecule has 0 aliphatic carbocycles. The Hall–Kier alpha value is -1.52. The predicted octanol–water partition coefficient (Wildman–Crippen LogP) is 4.21. The first-order chi connectivity index (χ1) is 9.20. The molecule has 19 heavy (non-hydrogen) atoms. The molecule has 0 atom stereocenters. The Morgan fingerprint density at radius 3 is 3.00 bits per heavy atom. The van der Waals surface area contributed by atoms with E-state index in [0.29, 0.717) is 0 Å². The quantitative estimate of drug-likeness (QED) is 0.734. The molecule has 0 radical (unpaired) electrons. The van der Waals surface area contributed by atoms with E-state index in [4.69, 9.17) is 11.6 Å². The fourth-order valence-corrected chi connectivity index (χ4v) is 2.89. The smallest absolute Gasteiger partial charge is 0.117 e. The van der Waals surface area contributed by atoms with Crippen LogP contribution in [0.15, 0.2) is 41.4 Å². The van der Waals surface area contributed by atoms with Gasteiger partial charge in [-0.2, -0.15) is 0 Å². The number of rotatable bonds is 3. The van der Waals surface area contributed by atoms with E-state index in [0.717, 1.165) is 33.3 Å². The summed E-state index contributed by atoms with van der Waals surface area (Å²) in [6, 6.07) is 9.77. The average Bonchev–Trinajstić information content (AvgIpc) is 2.78. The van der Waals surface area contributed by atoms with Crippen molar-refractivity contribution >= 4 is 34.4 Å². The molecule has 5 heteroatoms. The molecule has 0 aliphatic rings. The van der Waals surface area contributed by atoms with E-state index in [9.17, 15) is 0 Å². The molecular formula is C14H12ClN3S. The highest BCUT2D eigenvalue weighted by atomic mass is 35.5. The van der Waals surface area contributed by atoms with Crippen LogP contribution in [0.25, 0.3) is 11.0 Å². The predicted molar refractivity (Wildman–Crippen MR) is 79.6 cm³/mol. The number of pyridine rings is 1. The number of nitrogens with one attached hydrogen (secondary N) is 1. The molecule has 0 saturated carbocycles. The van der Waals surface area contributed by atoms with E-state index in [1.807, 2.05) is 37.4 Å². The van der Waals surface area contributed by atoms with E-state index in [1.54, 1.807) is 11.8 Å². The Morgan fingerprint density at radius 1 is 1.26 bits per heavy atom. The van der Waals surface area contributed by atoms with Crippen LogP contribution in [0.1, 0.15) is 11.5 Å². The minimum atomic E-state index is 0.722. The molecular weight excluding hydrogens is 278 g/mol. The van der Waals surface area contributed by atoms with E-state index in [-0.39, 0.29) is 0 Å². The van der Waals surface area contributed by atoms with Gasteiger partial charge in [0.05, 0.1) is 16.8 Å². The van der Waals surface area contributed by atoms with Crippen molar-refractivity contribution in [2.24, 2.45) is 0 Å². The van der Waals surface area contributed by atoms with Crippen molar-refractivity contribution < 1.29 is 0 Å². The van der Waals surface area contributed by atoms with E-state index in [2.05, 4.69) is 21.0 Å². The Labute approximate surface area is 120 Å². The highest BCUT2D eigenvalue weighted by Crippen LogP contribution is 2.24. The van der Waals surface area contributed by atoms with Gasteiger partial charge in [-0.15, -0.1) is 11.8 Å². The van der Waals surface area contributed by atoms with Crippen LogP contribution < -0.4 is 0 Å². The van der Waals surface area contributed by atoms with Crippen LogP contribution in [0, 0.1) is 6.92 Å². The number of aromatic amines is 1. The number of hydrogen-bond donors (Lipinski definition) is 1. The monoisotopic (exact) mass is 289 g/mol. The SMILES string of the molecule is Cc1cc(SCc2nc3ccc(Cl)cc3[nH]2)ccn1. The number of aromatic nitrogens is 3. The fraction of sp³-hybridized carbons (Fsp3) is 0.143. The molecule has 3 aromatic rings. The second-order valence-corrected chi connectivity index (χ2v) is 5.75. The van der Waals surface area contributed by atoms with Crippen molar-refractivity contribution in [3.8, 4) is 0 Å². The molecule has 2 heterocycles. The third-order valence-corrected chi connectivity index (χ3v) is 3.98. The number of thioether (sulfide) groups is 1. The Morgan fingerprint density at radius 2 is 2.16 bits per heavy atom. The lowest BCUT2D eigenvalue weighted by Crippen LogP contribution is -1.85. The van der Waals surface area contributed by atoms with E-state index < -0.39 is 0 Å². The fourth-order valence-electron chi connectivity index (χ4n) is 1.86. The number of imidazole rings is 1. The number of halogens is 1. The molecule has 0 saturated heterocycles. The van der Waals surface area contributed by atoms with Gasteiger partial charge in [-0.25, -0.2) is 4.98 Å². The molecule has 0 bridgehead atoms. The summed E-state index contributed by atoms with van der Waals surface area (Å²) in [7, 11) is 0. The van der Waals surface area contributed by atoms with Crippen molar-refractivity contribution in [1.29, 1.82) is 0 Å². The van der Waals surface area contributed by atoms with Gasteiger partial charge in [-0.05, 0) is 37.3 Å². The molecule has 1 aromatic carbocycles. The van der Waals surface area contributed by atoms with Crippen LogP contribution in [-0.4, -0.2) is 15.0 Å². The normalized spacial score (nSPS) is 11.1. The zero-order valence-electron chi connectivity index (χ0n) is 10.4. The summed E-state index contributed by atoms with van der Waals surface area (Å²) >= 11 is 7.70. The number of H-pyrrole nitrogens is 1. The first-order valence-electron chi connectivity index (χ1n) is 5.90. The first kappa shape index (κ1) is 12.5. The number of fused-ring (bicyclic) bond motifs is 1. The average molecular weight is 290 g/mol. The minimum Gasteiger partial charge on any atom is -0.341 e. The largest absolute Gasteiger partial charge is 0.341 e. The van der Waals surface area contributed by atoms with E-state index in [1.165, 1.54) is 4.90 Å². The highest BCUT2D eigenvalue weighted by Gasteiger charge is 2.04. The Kier molecular flexibility index (Phi) is 3.44. The molecule has 2 aromatic heterocycles. The van der Waals surface area contributed by atoms with Crippen molar-refractivity contribution in [1.82, 2.24) is 15.0 Å². The van der Waals surface area contributed by atoms with Crippen LogP contribution >= 0.6 is 23.4 Å². The second kappa shape index (κ2) is 5.23. The van der Waals surface area contributed by atoms with E-state index >= 15 is 0 Å². The number of hydrogen-bond acceptors (Lipinski definition) is 3. The molecule has 96 valence electrons. The zero-order valence-corrected chi connectivity index (χ0v) is 11.9. The van der Waals surface area contributed by atoms with Crippen LogP contribution in [0.3, 0.4) is 0 Å². The lowest BCUT2D eigenvalue weighted by molar-refractivity contribution is 1.13. The molecule has 0 aliphatic heterocycles. The van der Waals surface area contributed by atoms with Gasteiger partial charge < -0.3 is 4.98 Å². The molecule has 3 rings (SSSR count). The molecule has 0 unspecified atom stereocenters. The van der Waals surface area contributed by atoms with Crippen LogP contribution in [-0.2, 0) is 5.75 Å². The summed E-state index contributed by atoms with van der Waals surface area (Å²) in [6.45, 7) is 1.99. The Bertz CT molecular complexity index is 724. The number of aryl methyl sites for hydroxylation is 1. The highest BCUT2D eigenvalue weighted by molar-refractivity contribution is 7.98. The van der Waals surface area contributed by atoms with Crippen LogP contribution in [0.2, 0.25) is 5.02 Å². The van der Waals surface area contributed by atoms with Crippen molar-refractivity contribution in [2.45, 2.75) is 17.6 Å². The second-order valence-electron chi connectivity index (χ2n) is 4.27. The van der Waals surface area contributed by atoms with Gasteiger partial charge in [0.1, 0.15) is 5.82 Å². The van der Waals surface area contributed by atoms with Crippen molar-refractivity contribution in [2.75, 3.05) is 0 Å².